The van der Waals surface area contributed by atoms with Crippen LogP contribution in [0.5, 0.6) is 5.75 Å². The van der Waals surface area contributed by atoms with E-state index in [1.165, 1.54) is 12.4 Å². The van der Waals surface area contributed by atoms with Gasteiger partial charge >= 0.3 is 5.97 Å². The van der Waals surface area contributed by atoms with E-state index in [1.54, 1.807) is 6.07 Å². The maximum Gasteiger partial charge on any atom is 0.354 e. The predicted octanol–water partition coefficient (Wildman–Crippen LogP) is 7.80. The minimum Gasteiger partial charge on any atom is -0.489 e. The van der Waals surface area contributed by atoms with E-state index in [0.717, 1.165) is 46.9 Å². The van der Waals surface area contributed by atoms with Gasteiger partial charge in [0.05, 0.1) is 21.3 Å². The first kappa shape index (κ1) is 24.4. The molecule has 0 spiro atoms. The number of rotatable bonds is 7. The number of nitrogens with zero attached hydrogens (tertiary/aromatic N) is 3. The van der Waals surface area contributed by atoms with E-state index in [2.05, 4.69) is 15.1 Å². The Bertz CT molecular complexity index is 1640. The number of aromatic nitrogens is 3. The number of pyridine rings is 2. The number of carboxylic acid groups (broad SMARTS) is 1. The SMILES string of the molecule is O=C(O)c1cc2ccccc2c(-c2ccc(OCc3c(-c4c(Cl)cncc4Cl)noc3C3CCC3)cc2)n1. The second-order valence-corrected chi connectivity index (χ2v) is 9.99. The van der Waals surface area contributed by atoms with Gasteiger partial charge in [-0.3, -0.25) is 4.98 Å². The smallest absolute Gasteiger partial charge is 0.354 e. The molecular formula is C29H21Cl2N3O4. The van der Waals surface area contributed by atoms with Crippen LogP contribution in [0, 0.1) is 0 Å². The van der Waals surface area contributed by atoms with Crippen LogP contribution in [-0.4, -0.2) is 26.2 Å². The van der Waals surface area contributed by atoms with Crippen molar-refractivity contribution in [3.63, 3.8) is 0 Å². The molecule has 7 nitrogen and oxygen atoms in total. The van der Waals surface area contributed by atoms with E-state index in [4.69, 9.17) is 32.5 Å². The molecule has 5 aromatic rings. The highest BCUT2D eigenvalue weighted by atomic mass is 35.5. The molecule has 1 aliphatic carbocycles. The molecule has 3 heterocycles. The van der Waals surface area contributed by atoms with Gasteiger partial charge in [-0.05, 0) is 48.6 Å². The fourth-order valence-corrected chi connectivity index (χ4v) is 5.22. The lowest BCUT2D eigenvalue weighted by Crippen LogP contribution is -2.11. The second-order valence-electron chi connectivity index (χ2n) is 9.18. The fraction of sp³-hybridized carbons (Fsp3) is 0.172. The molecule has 0 radical (unpaired) electrons. The number of carbonyl (C=O) groups is 1. The highest BCUT2D eigenvalue weighted by molar-refractivity contribution is 6.38. The lowest BCUT2D eigenvalue weighted by atomic mass is 9.81. The Balaban J connectivity index is 1.31. The Labute approximate surface area is 228 Å². The standard InChI is InChI=1S/C29H21Cl2N3O4/c30-22-13-32-14-23(31)25(22)27-21(28(38-34-27)17-5-3-6-17)15-37-19-10-8-16(9-11-19)26-20-7-2-1-4-18(20)12-24(33-26)29(35)36/h1-2,4,7-14,17H,3,5-6,15H2,(H,35,36). The summed E-state index contributed by atoms with van der Waals surface area (Å²) < 4.78 is 12.0. The Morgan fingerprint density at radius 1 is 1.03 bits per heavy atom. The summed E-state index contributed by atoms with van der Waals surface area (Å²) >= 11 is 12.9. The van der Waals surface area contributed by atoms with Gasteiger partial charge in [0.1, 0.15) is 29.5 Å². The molecule has 9 heteroatoms. The Morgan fingerprint density at radius 3 is 2.45 bits per heavy atom. The number of aromatic carboxylic acids is 1. The molecular weight excluding hydrogens is 525 g/mol. The molecule has 0 amide bonds. The zero-order valence-corrected chi connectivity index (χ0v) is 21.5. The molecule has 190 valence electrons. The number of halogens is 2. The van der Waals surface area contributed by atoms with Gasteiger partial charge in [0.25, 0.3) is 0 Å². The third kappa shape index (κ3) is 4.48. The Kier molecular flexibility index (Phi) is 6.47. The van der Waals surface area contributed by atoms with Crippen LogP contribution in [-0.2, 0) is 6.61 Å². The van der Waals surface area contributed by atoms with E-state index in [0.29, 0.717) is 32.7 Å². The number of fused-ring (bicyclic) bond motifs is 1. The molecule has 1 N–H and O–H groups in total. The molecule has 0 bridgehead atoms. The van der Waals surface area contributed by atoms with Gasteiger partial charge in [-0.1, -0.05) is 59.0 Å². The summed E-state index contributed by atoms with van der Waals surface area (Å²) in [7, 11) is 0. The average Bonchev–Trinajstić information content (AvgIpc) is 3.28. The summed E-state index contributed by atoms with van der Waals surface area (Å²) in [6.45, 7) is 0.217. The van der Waals surface area contributed by atoms with Crippen molar-refractivity contribution in [2.45, 2.75) is 31.8 Å². The van der Waals surface area contributed by atoms with Crippen LogP contribution in [0.1, 0.15) is 47.0 Å². The molecule has 3 aromatic heterocycles. The Morgan fingerprint density at radius 2 is 1.76 bits per heavy atom. The molecule has 1 saturated carbocycles. The first-order valence-electron chi connectivity index (χ1n) is 12.1. The number of hydrogen-bond acceptors (Lipinski definition) is 6. The molecule has 1 aliphatic rings. The van der Waals surface area contributed by atoms with Gasteiger partial charge < -0.3 is 14.4 Å². The van der Waals surface area contributed by atoms with Gasteiger partial charge in [0, 0.05) is 34.8 Å². The fourth-order valence-electron chi connectivity index (χ4n) is 4.68. The number of ether oxygens (including phenoxy) is 1. The maximum absolute atomic E-state index is 11.6. The van der Waals surface area contributed by atoms with Crippen molar-refractivity contribution in [2.24, 2.45) is 0 Å². The minimum atomic E-state index is -1.07. The zero-order chi connectivity index (χ0) is 26.2. The van der Waals surface area contributed by atoms with Gasteiger partial charge in [-0.2, -0.15) is 0 Å². The molecule has 6 rings (SSSR count). The molecule has 0 saturated heterocycles. The number of benzene rings is 2. The average molecular weight is 546 g/mol. The third-order valence-electron chi connectivity index (χ3n) is 6.86. The highest BCUT2D eigenvalue weighted by Crippen LogP contribution is 2.43. The first-order valence-corrected chi connectivity index (χ1v) is 12.9. The monoisotopic (exact) mass is 545 g/mol. The quantitative estimate of drug-likeness (QED) is 0.222. The van der Waals surface area contributed by atoms with E-state index in [9.17, 15) is 9.90 Å². The predicted molar refractivity (Wildman–Crippen MR) is 145 cm³/mol. The van der Waals surface area contributed by atoms with Crippen LogP contribution >= 0.6 is 23.2 Å². The van der Waals surface area contributed by atoms with Gasteiger partial charge in [-0.25, -0.2) is 9.78 Å². The van der Waals surface area contributed by atoms with Gasteiger partial charge in [0.15, 0.2) is 0 Å². The van der Waals surface area contributed by atoms with Crippen LogP contribution in [0.4, 0.5) is 0 Å². The van der Waals surface area contributed by atoms with Crippen molar-refractivity contribution in [3.8, 4) is 28.3 Å². The van der Waals surface area contributed by atoms with Crippen LogP contribution in [0.3, 0.4) is 0 Å². The first-order chi connectivity index (χ1) is 18.5. The van der Waals surface area contributed by atoms with E-state index in [-0.39, 0.29) is 18.2 Å². The van der Waals surface area contributed by atoms with Gasteiger partial charge in [0.2, 0.25) is 0 Å². The molecule has 0 aliphatic heterocycles. The second kappa shape index (κ2) is 10.1. The largest absolute Gasteiger partial charge is 0.489 e. The van der Waals surface area contributed by atoms with Crippen LogP contribution < -0.4 is 4.74 Å². The van der Waals surface area contributed by atoms with E-state index in [1.807, 2.05) is 48.5 Å². The summed E-state index contributed by atoms with van der Waals surface area (Å²) in [6.07, 6.45) is 6.27. The topological polar surface area (TPSA) is 98.3 Å². The van der Waals surface area contributed by atoms with Crippen molar-refractivity contribution in [1.29, 1.82) is 0 Å². The molecule has 2 aromatic carbocycles. The lowest BCUT2D eigenvalue weighted by molar-refractivity contribution is 0.0691. The van der Waals surface area contributed by atoms with Crippen molar-refractivity contribution in [1.82, 2.24) is 15.1 Å². The van der Waals surface area contributed by atoms with Crippen molar-refractivity contribution < 1.29 is 19.2 Å². The number of hydrogen-bond donors (Lipinski definition) is 1. The summed E-state index contributed by atoms with van der Waals surface area (Å²) in [5, 5.41) is 16.3. The molecule has 0 atom stereocenters. The third-order valence-corrected chi connectivity index (χ3v) is 7.43. The highest BCUT2D eigenvalue weighted by Gasteiger charge is 2.30. The van der Waals surface area contributed by atoms with E-state index >= 15 is 0 Å². The van der Waals surface area contributed by atoms with Crippen LogP contribution in [0.2, 0.25) is 10.0 Å². The van der Waals surface area contributed by atoms with Gasteiger partial charge in [-0.15, -0.1) is 0 Å². The molecule has 1 fully saturated rings. The summed E-state index contributed by atoms with van der Waals surface area (Å²) in [5.41, 5.74) is 3.33. The number of carboxylic acids is 1. The van der Waals surface area contributed by atoms with Crippen LogP contribution in [0.15, 0.2) is 71.5 Å². The van der Waals surface area contributed by atoms with Crippen molar-refractivity contribution in [2.75, 3.05) is 0 Å². The zero-order valence-electron chi connectivity index (χ0n) is 20.0. The van der Waals surface area contributed by atoms with E-state index < -0.39 is 5.97 Å². The van der Waals surface area contributed by atoms with Crippen molar-refractivity contribution in [3.05, 3.63) is 94.1 Å². The summed E-state index contributed by atoms with van der Waals surface area (Å²) in [4.78, 5) is 20.1. The minimum absolute atomic E-state index is 0.00373. The normalized spacial score (nSPS) is 13.4. The summed E-state index contributed by atoms with van der Waals surface area (Å²) in [5.74, 6) is 0.648. The molecule has 38 heavy (non-hydrogen) atoms. The Hall–Kier alpha value is -3.94. The maximum atomic E-state index is 11.6. The molecule has 0 unspecified atom stereocenters. The van der Waals surface area contributed by atoms with Crippen molar-refractivity contribution >= 4 is 39.9 Å². The lowest BCUT2D eigenvalue weighted by Gasteiger charge is -2.23. The summed E-state index contributed by atoms with van der Waals surface area (Å²) in [6, 6.07) is 16.6. The van der Waals surface area contributed by atoms with Crippen LogP contribution in [0.25, 0.3) is 33.3 Å².